The quantitative estimate of drug-likeness (QED) is 0.803. The van der Waals surface area contributed by atoms with Crippen molar-refractivity contribution in [1.29, 1.82) is 0 Å². The molecule has 2 fully saturated rings. The first-order valence-electron chi connectivity index (χ1n) is 9.90. The molecule has 1 unspecified atom stereocenters. The number of anilines is 1. The smallest absolute Gasteiger partial charge is 0.322 e. The van der Waals surface area contributed by atoms with Crippen LogP contribution in [-0.2, 0) is 20.7 Å². The normalized spacial score (nSPS) is 21.2. The number of pyridine rings is 1. The third-order valence-electron chi connectivity index (χ3n) is 5.21. The molecule has 8 nitrogen and oxygen atoms in total. The Bertz CT molecular complexity index is 958. The van der Waals surface area contributed by atoms with Crippen molar-refractivity contribution < 1.29 is 27.8 Å². The molecule has 31 heavy (non-hydrogen) atoms. The minimum Gasteiger partial charge on any atom is -0.345 e. The highest BCUT2D eigenvalue weighted by Crippen LogP contribution is 2.26. The summed E-state index contributed by atoms with van der Waals surface area (Å²) in [5.74, 6) is -2.83. The first-order chi connectivity index (χ1) is 14.9. The summed E-state index contributed by atoms with van der Waals surface area (Å²) >= 11 is 0. The van der Waals surface area contributed by atoms with Crippen LogP contribution in [0.1, 0.15) is 5.56 Å². The number of hydrogen-bond donors (Lipinski definition) is 1. The molecule has 2 aromatic rings. The van der Waals surface area contributed by atoms with E-state index >= 15 is 0 Å². The van der Waals surface area contributed by atoms with Crippen molar-refractivity contribution >= 4 is 17.6 Å². The number of aromatic nitrogens is 1. The van der Waals surface area contributed by atoms with Gasteiger partial charge in [-0.2, -0.15) is 0 Å². The molecule has 1 aromatic heterocycles. The van der Waals surface area contributed by atoms with Gasteiger partial charge in [0.15, 0.2) is 0 Å². The highest BCUT2D eigenvalue weighted by atomic mass is 19.1. The summed E-state index contributed by atoms with van der Waals surface area (Å²) in [4.78, 5) is 32.5. The van der Waals surface area contributed by atoms with E-state index in [2.05, 4.69) is 10.3 Å². The largest absolute Gasteiger partial charge is 0.345 e. The van der Waals surface area contributed by atoms with Crippen molar-refractivity contribution in [3.05, 3.63) is 59.9 Å². The summed E-state index contributed by atoms with van der Waals surface area (Å²) in [7, 11) is 0. The average Bonchev–Trinajstić information content (AvgIpc) is 2.76. The predicted molar refractivity (Wildman–Crippen MR) is 106 cm³/mol. The van der Waals surface area contributed by atoms with E-state index < -0.39 is 23.5 Å². The lowest BCUT2D eigenvalue weighted by Crippen LogP contribution is -2.64. The van der Waals surface area contributed by atoms with Crippen LogP contribution < -0.4 is 5.32 Å². The molecule has 1 N–H and O–H groups in total. The zero-order valence-corrected chi connectivity index (χ0v) is 16.7. The lowest BCUT2D eigenvalue weighted by Gasteiger charge is -2.47. The second-order valence-electron chi connectivity index (χ2n) is 7.44. The summed E-state index contributed by atoms with van der Waals surface area (Å²) in [5.41, 5.74) is 0.685. The Morgan fingerprint density at radius 3 is 2.55 bits per heavy atom. The number of hydrogen-bond acceptors (Lipinski definition) is 5. The first kappa shape index (κ1) is 21.1. The van der Waals surface area contributed by atoms with Gasteiger partial charge in [-0.05, 0) is 23.8 Å². The molecule has 0 aliphatic carbocycles. The molecule has 0 radical (unpaired) electrons. The molecule has 1 spiro atoms. The number of urea groups is 1. The molecule has 3 heterocycles. The number of morpholine rings is 2. The number of nitrogens with zero attached hydrogens (tertiary/aromatic N) is 3. The molecule has 4 rings (SSSR count). The molecule has 10 heteroatoms. The Morgan fingerprint density at radius 2 is 1.84 bits per heavy atom. The van der Waals surface area contributed by atoms with Crippen molar-refractivity contribution in [2.24, 2.45) is 0 Å². The molecule has 1 aromatic carbocycles. The molecule has 0 bridgehead atoms. The maximum absolute atomic E-state index is 13.9. The topological polar surface area (TPSA) is 84.0 Å². The minimum atomic E-state index is -1.15. The van der Waals surface area contributed by atoms with Gasteiger partial charge in [-0.3, -0.25) is 9.78 Å². The van der Waals surface area contributed by atoms with Crippen molar-refractivity contribution in [3.63, 3.8) is 0 Å². The van der Waals surface area contributed by atoms with Crippen molar-refractivity contribution in [2.45, 2.75) is 12.2 Å². The zero-order chi connectivity index (χ0) is 21.8. The first-order valence-corrected chi connectivity index (χ1v) is 9.90. The Labute approximate surface area is 177 Å². The van der Waals surface area contributed by atoms with Gasteiger partial charge in [0, 0.05) is 31.5 Å². The van der Waals surface area contributed by atoms with E-state index in [9.17, 15) is 18.4 Å². The van der Waals surface area contributed by atoms with Crippen LogP contribution in [0, 0.1) is 11.6 Å². The highest BCUT2D eigenvalue weighted by molar-refractivity contribution is 5.89. The van der Waals surface area contributed by atoms with Gasteiger partial charge >= 0.3 is 6.03 Å². The third kappa shape index (κ3) is 4.97. The van der Waals surface area contributed by atoms with Crippen LogP contribution >= 0.6 is 0 Å². The molecule has 164 valence electrons. The van der Waals surface area contributed by atoms with Crippen molar-refractivity contribution in [2.75, 3.05) is 44.7 Å². The van der Waals surface area contributed by atoms with Gasteiger partial charge in [0.05, 0.1) is 38.4 Å². The van der Waals surface area contributed by atoms with Crippen LogP contribution in [0.3, 0.4) is 0 Å². The molecular formula is C21H22F2N4O4. The van der Waals surface area contributed by atoms with Gasteiger partial charge < -0.3 is 24.6 Å². The number of nitrogens with one attached hydrogen (secondary N) is 1. The van der Waals surface area contributed by atoms with E-state index in [-0.39, 0.29) is 50.9 Å². The SMILES string of the molecule is O=C(Cc1cccnc1)N1CCOC2(C1)CN(C(=O)Nc1ccc(F)cc1F)CCO2. The number of carbonyl (C=O) groups excluding carboxylic acids is 2. The summed E-state index contributed by atoms with van der Waals surface area (Å²) in [5, 5.41) is 2.44. The average molecular weight is 432 g/mol. The predicted octanol–water partition coefficient (Wildman–Crippen LogP) is 2.02. The summed E-state index contributed by atoms with van der Waals surface area (Å²) in [6.07, 6.45) is 3.49. The summed E-state index contributed by atoms with van der Waals surface area (Å²) in [6, 6.07) is 5.97. The second-order valence-corrected chi connectivity index (χ2v) is 7.44. The zero-order valence-electron chi connectivity index (χ0n) is 16.7. The maximum Gasteiger partial charge on any atom is 0.322 e. The lowest BCUT2D eigenvalue weighted by atomic mass is 10.1. The highest BCUT2D eigenvalue weighted by Gasteiger charge is 2.44. The molecule has 2 aliphatic rings. The van der Waals surface area contributed by atoms with E-state index in [4.69, 9.17) is 9.47 Å². The molecule has 3 amide bonds. The molecular weight excluding hydrogens is 410 g/mol. The maximum atomic E-state index is 13.9. The number of ether oxygens (including phenoxy) is 2. The van der Waals surface area contributed by atoms with Crippen LogP contribution in [0.2, 0.25) is 0 Å². The van der Waals surface area contributed by atoms with Gasteiger partial charge in [-0.25, -0.2) is 13.6 Å². The van der Waals surface area contributed by atoms with Gasteiger partial charge in [0.1, 0.15) is 11.6 Å². The molecule has 2 saturated heterocycles. The standard InChI is InChI=1S/C21H22F2N4O4/c22-16-3-4-18(17(23)11-16)25-20(29)27-7-9-31-21(14-27)13-26(6-8-30-21)19(28)10-15-2-1-5-24-12-15/h1-5,11-12H,6-10,13-14H2,(H,25,29). The Morgan fingerprint density at radius 1 is 1.10 bits per heavy atom. The fourth-order valence-corrected chi connectivity index (χ4v) is 3.66. The van der Waals surface area contributed by atoms with E-state index in [1.165, 1.54) is 4.90 Å². The van der Waals surface area contributed by atoms with Gasteiger partial charge in [0.2, 0.25) is 11.7 Å². The van der Waals surface area contributed by atoms with Crippen LogP contribution in [0.25, 0.3) is 0 Å². The monoisotopic (exact) mass is 432 g/mol. The van der Waals surface area contributed by atoms with Crippen LogP contribution in [0.5, 0.6) is 0 Å². The van der Waals surface area contributed by atoms with E-state index in [0.29, 0.717) is 12.6 Å². The Hall–Kier alpha value is -3.11. The number of amides is 3. The third-order valence-corrected chi connectivity index (χ3v) is 5.21. The van der Waals surface area contributed by atoms with E-state index in [0.717, 1.165) is 17.7 Å². The van der Waals surface area contributed by atoms with Crippen LogP contribution in [-0.4, -0.2) is 71.9 Å². The molecule has 0 saturated carbocycles. The van der Waals surface area contributed by atoms with Gasteiger partial charge in [-0.1, -0.05) is 6.07 Å². The fourth-order valence-electron chi connectivity index (χ4n) is 3.66. The molecule has 2 aliphatic heterocycles. The number of halogens is 2. The van der Waals surface area contributed by atoms with Gasteiger partial charge in [0.25, 0.3) is 0 Å². The number of benzene rings is 1. The van der Waals surface area contributed by atoms with Crippen LogP contribution in [0.15, 0.2) is 42.7 Å². The molecule has 1 atom stereocenters. The number of carbonyl (C=O) groups is 2. The van der Waals surface area contributed by atoms with Gasteiger partial charge in [-0.15, -0.1) is 0 Å². The summed E-state index contributed by atoms with van der Waals surface area (Å²) in [6.45, 7) is 1.38. The fraction of sp³-hybridized carbons (Fsp3) is 0.381. The lowest BCUT2D eigenvalue weighted by molar-refractivity contribution is -0.284. The second kappa shape index (κ2) is 8.94. The van der Waals surface area contributed by atoms with Crippen LogP contribution in [0.4, 0.5) is 19.3 Å². The van der Waals surface area contributed by atoms with E-state index in [1.54, 1.807) is 23.4 Å². The Kier molecular flexibility index (Phi) is 6.10. The van der Waals surface area contributed by atoms with Crippen molar-refractivity contribution in [3.8, 4) is 0 Å². The Balaban J connectivity index is 1.40. The summed E-state index contributed by atoms with van der Waals surface area (Å²) < 4.78 is 38.6. The van der Waals surface area contributed by atoms with Crippen molar-refractivity contribution in [1.82, 2.24) is 14.8 Å². The van der Waals surface area contributed by atoms with E-state index in [1.807, 2.05) is 6.07 Å². The minimum absolute atomic E-state index is 0.0678. The number of rotatable bonds is 3.